The summed E-state index contributed by atoms with van der Waals surface area (Å²) in [6.45, 7) is 4.75. The number of Topliss-reactive ketones (excluding diaryl/α,β-unsaturated/α-hetero) is 1. The molecule has 0 saturated carbocycles. The van der Waals surface area contributed by atoms with E-state index in [4.69, 9.17) is 19.4 Å². The van der Waals surface area contributed by atoms with Gasteiger partial charge in [-0.3, -0.25) is 14.8 Å². The van der Waals surface area contributed by atoms with E-state index in [0.29, 0.717) is 23.1 Å². The van der Waals surface area contributed by atoms with Crippen LogP contribution in [0, 0.1) is 11.8 Å². The molecule has 3 rings (SSSR count). The second-order valence-electron chi connectivity index (χ2n) is 8.29. The maximum atomic E-state index is 13.1. The molecule has 0 heterocycles. The zero-order chi connectivity index (χ0) is 24.0. The third-order valence-electron chi connectivity index (χ3n) is 5.88. The van der Waals surface area contributed by atoms with E-state index in [2.05, 4.69) is 6.92 Å². The summed E-state index contributed by atoms with van der Waals surface area (Å²) >= 11 is 0. The van der Waals surface area contributed by atoms with Crippen LogP contribution in [0.15, 0.2) is 18.2 Å². The predicted octanol–water partition coefficient (Wildman–Crippen LogP) is 2.96. The highest BCUT2D eigenvalue weighted by atomic mass is 16.5. The van der Waals surface area contributed by atoms with Gasteiger partial charge in [-0.15, -0.1) is 0 Å². The quantitative estimate of drug-likeness (QED) is 0.228. The van der Waals surface area contributed by atoms with Gasteiger partial charge in [0.05, 0.1) is 30.8 Å². The molecule has 9 heteroatoms. The molecule has 0 unspecified atom stereocenters. The van der Waals surface area contributed by atoms with Crippen molar-refractivity contribution in [2.24, 2.45) is 11.8 Å². The van der Waals surface area contributed by atoms with Crippen molar-refractivity contribution in [1.82, 2.24) is 5.48 Å². The highest BCUT2D eigenvalue weighted by molar-refractivity contribution is 6.09. The molecule has 1 aliphatic carbocycles. The van der Waals surface area contributed by atoms with Gasteiger partial charge in [-0.05, 0) is 41.8 Å². The molecule has 0 aromatic heterocycles. The Morgan fingerprint density at radius 3 is 2.58 bits per heavy atom. The van der Waals surface area contributed by atoms with Crippen LogP contribution in [0.3, 0.4) is 0 Å². The minimum Gasteiger partial charge on any atom is -0.507 e. The summed E-state index contributed by atoms with van der Waals surface area (Å²) in [5.41, 5.74) is 2.59. The first-order valence-electron chi connectivity index (χ1n) is 11.1. The molecule has 0 spiro atoms. The first-order chi connectivity index (χ1) is 15.9. The van der Waals surface area contributed by atoms with Gasteiger partial charge < -0.3 is 24.4 Å². The van der Waals surface area contributed by atoms with E-state index < -0.39 is 5.91 Å². The number of hydrogen-bond donors (Lipinski definition) is 4. The molecule has 9 nitrogen and oxygen atoms in total. The molecule has 1 aliphatic rings. The average molecular weight is 462 g/mol. The van der Waals surface area contributed by atoms with E-state index in [1.54, 1.807) is 6.07 Å². The molecule has 0 bridgehead atoms. The summed E-state index contributed by atoms with van der Waals surface area (Å²) in [5.74, 6) is -0.524. The summed E-state index contributed by atoms with van der Waals surface area (Å²) in [7, 11) is 0. The Hall–Kier alpha value is -2.88. The van der Waals surface area contributed by atoms with Gasteiger partial charge in [0.25, 0.3) is 5.91 Å². The number of benzene rings is 2. The number of carbonyl (C=O) groups excluding carboxylic acids is 2. The van der Waals surface area contributed by atoms with Crippen LogP contribution in [0.2, 0.25) is 0 Å². The topological polar surface area (TPSA) is 135 Å². The number of ether oxygens (including phenoxy) is 3. The third-order valence-corrected chi connectivity index (χ3v) is 5.88. The van der Waals surface area contributed by atoms with Gasteiger partial charge in [-0.2, -0.15) is 0 Å². The van der Waals surface area contributed by atoms with Crippen LogP contribution in [0.1, 0.15) is 42.6 Å². The number of phenols is 2. The first kappa shape index (κ1) is 24.8. The molecular formula is C24H31NO8. The maximum Gasteiger partial charge on any atom is 0.269 e. The van der Waals surface area contributed by atoms with Crippen LogP contribution in [-0.2, 0) is 20.7 Å². The Kier molecular flexibility index (Phi) is 8.49. The van der Waals surface area contributed by atoms with Gasteiger partial charge >= 0.3 is 0 Å². The second kappa shape index (κ2) is 11.3. The molecule has 2 aromatic rings. The monoisotopic (exact) mass is 461 g/mol. The largest absolute Gasteiger partial charge is 0.507 e. The summed E-state index contributed by atoms with van der Waals surface area (Å²) < 4.78 is 16.0. The van der Waals surface area contributed by atoms with E-state index in [1.165, 1.54) is 11.5 Å². The number of aromatic hydroxyl groups is 2. The number of fused-ring (bicyclic) bond motifs is 2. The Balaban J connectivity index is 1.65. The van der Waals surface area contributed by atoms with Gasteiger partial charge in [0, 0.05) is 12.0 Å². The number of carbonyl (C=O) groups is 2. The lowest BCUT2D eigenvalue weighted by Crippen LogP contribution is -2.30. The molecule has 0 fully saturated rings. The first-order valence-corrected chi connectivity index (χ1v) is 11.1. The van der Waals surface area contributed by atoms with Gasteiger partial charge in [-0.1, -0.05) is 20.3 Å². The summed E-state index contributed by atoms with van der Waals surface area (Å²) in [6.07, 6.45) is 2.37. The van der Waals surface area contributed by atoms with Crippen LogP contribution in [-0.4, -0.2) is 60.1 Å². The lowest BCUT2D eigenvalue weighted by Gasteiger charge is -2.30. The Morgan fingerprint density at radius 2 is 1.85 bits per heavy atom. The summed E-state index contributed by atoms with van der Waals surface area (Å²) in [4.78, 5) is 23.9. The number of nitrogens with one attached hydrogen (secondary N) is 1. The minimum atomic E-state index is -0.638. The molecule has 33 heavy (non-hydrogen) atoms. The van der Waals surface area contributed by atoms with Crippen molar-refractivity contribution in [1.29, 1.82) is 0 Å². The Morgan fingerprint density at radius 1 is 1.12 bits per heavy atom. The van der Waals surface area contributed by atoms with Crippen molar-refractivity contribution in [3.05, 3.63) is 29.3 Å². The number of phenolic OH excluding ortho intramolecular Hbond substituents is 2. The molecule has 1 amide bonds. The predicted molar refractivity (Wildman–Crippen MR) is 120 cm³/mol. The van der Waals surface area contributed by atoms with Crippen molar-refractivity contribution in [2.45, 2.75) is 33.1 Å². The average Bonchev–Trinajstić information content (AvgIpc) is 2.77. The van der Waals surface area contributed by atoms with E-state index in [-0.39, 0.29) is 67.5 Å². The van der Waals surface area contributed by atoms with Crippen molar-refractivity contribution >= 4 is 22.5 Å². The Labute approximate surface area is 192 Å². The third kappa shape index (κ3) is 5.73. The fourth-order valence-electron chi connectivity index (χ4n) is 4.35. The number of hydrogen-bond acceptors (Lipinski definition) is 8. The van der Waals surface area contributed by atoms with Crippen LogP contribution in [0.4, 0.5) is 0 Å². The number of ketones is 1. The summed E-state index contributed by atoms with van der Waals surface area (Å²) in [5, 5.41) is 30.6. The van der Waals surface area contributed by atoms with E-state index in [0.717, 1.165) is 18.4 Å². The van der Waals surface area contributed by atoms with Gasteiger partial charge in [0.15, 0.2) is 5.78 Å². The standard InChI is InChI=1S/C24H31NO8/c1-3-4-18-14(2)9-15-10-16-11-17(12-19(26)21(16)24(29)22(15)23(18)28)33-8-7-31-5-6-32-13-20(27)25-30/h10-12,14,18,26,29-30H,3-9,13H2,1-2H3,(H,25,27)/t14-,18+/m1/s1. The zero-order valence-electron chi connectivity index (χ0n) is 18.9. The second-order valence-corrected chi connectivity index (χ2v) is 8.29. The molecule has 2 atom stereocenters. The fraction of sp³-hybridized carbons (Fsp3) is 0.500. The SMILES string of the molecule is CCC[C@@H]1C(=O)c2c(cc3cc(OCCOCCOCC(=O)NO)cc(O)c3c2O)C[C@H]1C. The van der Waals surface area contributed by atoms with E-state index >= 15 is 0 Å². The van der Waals surface area contributed by atoms with Crippen molar-refractivity contribution in [2.75, 3.05) is 33.0 Å². The molecule has 0 saturated heterocycles. The smallest absolute Gasteiger partial charge is 0.269 e. The molecule has 4 N–H and O–H groups in total. The van der Waals surface area contributed by atoms with Gasteiger partial charge in [0.1, 0.15) is 30.5 Å². The van der Waals surface area contributed by atoms with Gasteiger partial charge in [0.2, 0.25) is 0 Å². The Bertz CT molecular complexity index is 1010. The summed E-state index contributed by atoms with van der Waals surface area (Å²) in [6, 6.07) is 4.98. The van der Waals surface area contributed by atoms with E-state index in [9.17, 15) is 19.8 Å². The number of amides is 1. The number of hydroxylamine groups is 1. The van der Waals surface area contributed by atoms with Gasteiger partial charge in [-0.25, -0.2) is 5.48 Å². The maximum absolute atomic E-state index is 13.1. The van der Waals surface area contributed by atoms with Crippen molar-refractivity contribution in [3.8, 4) is 17.2 Å². The molecule has 0 aliphatic heterocycles. The lowest BCUT2D eigenvalue weighted by atomic mass is 9.73. The minimum absolute atomic E-state index is 0.0529. The highest BCUT2D eigenvalue weighted by Gasteiger charge is 2.35. The highest BCUT2D eigenvalue weighted by Crippen LogP contribution is 2.44. The molecule has 180 valence electrons. The van der Waals surface area contributed by atoms with Crippen LogP contribution in [0.5, 0.6) is 17.2 Å². The van der Waals surface area contributed by atoms with Crippen molar-refractivity contribution < 1.29 is 39.2 Å². The molecule has 0 radical (unpaired) electrons. The molecule has 2 aromatic carbocycles. The van der Waals surface area contributed by atoms with Crippen molar-refractivity contribution in [3.63, 3.8) is 0 Å². The van der Waals surface area contributed by atoms with E-state index in [1.807, 2.05) is 13.0 Å². The molecular weight excluding hydrogens is 430 g/mol. The van der Waals surface area contributed by atoms with Crippen LogP contribution in [0.25, 0.3) is 10.8 Å². The number of rotatable bonds is 11. The zero-order valence-corrected chi connectivity index (χ0v) is 18.9. The lowest BCUT2D eigenvalue weighted by molar-refractivity contribution is -0.134. The fourth-order valence-corrected chi connectivity index (χ4v) is 4.35. The van der Waals surface area contributed by atoms with Crippen LogP contribution < -0.4 is 10.2 Å². The van der Waals surface area contributed by atoms with Crippen LogP contribution >= 0.6 is 0 Å². The normalized spacial score (nSPS) is 17.7.